The third-order valence-corrected chi connectivity index (χ3v) is 3.58. The molecule has 1 fully saturated rings. The minimum absolute atomic E-state index is 0.382. The van der Waals surface area contributed by atoms with Crippen molar-refractivity contribution in [3.63, 3.8) is 0 Å². The van der Waals surface area contributed by atoms with E-state index in [1.165, 1.54) is 4.90 Å². The van der Waals surface area contributed by atoms with Gasteiger partial charge in [-0.05, 0) is 12.0 Å². The summed E-state index contributed by atoms with van der Waals surface area (Å²) in [5.41, 5.74) is -0.585. The van der Waals surface area contributed by atoms with Gasteiger partial charge in [0.25, 0.3) is 0 Å². The number of Topliss-reactive ketones (excluding diaryl/α,β-unsaturated/α-hetero) is 1. The molecule has 2 amide bonds. The molecule has 2 aliphatic rings. The maximum Gasteiger partial charge on any atom is 0.320 e. The van der Waals surface area contributed by atoms with Crippen LogP contribution < -0.4 is 5.32 Å². The summed E-state index contributed by atoms with van der Waals surface area (Å²) >= 11 is 0. The first-order valence-electron chi connectivity index (χ1n) is 6.04. The Labute approximate surface area is 104 Å². The zero-order valence-corrected chi connectivity index (χ0v) is 10.0. The van der Waals surface area contributed by atoms with Gasteiger partial charge in [-0.3, -0.25) is 4.79 Å². The van der Waals surface area contributed by atoms with E-state index in [1.54, 1.807) is 18.2 Å². The number of ketones is 1. The van der Waals surface area contributed by atoms with Crippen molar-refractivity contribution in [1.82, 2.24) is 10.2 Å². The lowest BCUT2D eigenvalue weighted by Crippen LogP contribution is -2.48. The molecule has 2 atom stereocenters. The number of urea groups is 1. The molecule has 1 aromatic rings. The number of aliphatic hydroxyl groups is 1. The number of fused-ring (bicyclic) bond motifs is 3. The van der Waals surface area contributed by atoms with Gasteiger partial charge in [0.1, 0.15) is 6.04 Å². The predicted molar refractivity (Wildman–Crippen MR) is 64.0 cm³/mol. The first-order valence-corrected chi connectivity index (χ1v) is 6.04. The van der Waals surface area contributed by atoms with Crippen LogP contribution in [0.5, 0.6) is 0 Å². The Kier molecular flexibility index (Phi) is 2.22. The fraction of sp³-hybridized carbons (Fsp3) is 0.385. The molecule has 0 spiro atoms. The van der Waals surface area contributed by atoms with Crippen molar-refractivity contribution >= 4 is 11.8 Å². The Morgan fingerprint density at radius 3 is 2.83 bits per heavy atom. The van der Waals surface area contributed by atoms with Crippen LogP contribution in [0.1, 0.15) is 35.3 Å². The maximum absolute atomic E-state index is 12.2. The van der Waals surface area contributed by atoms with E-state index in [9.17, 15) is 14.7 Å². The average molecular weight is 246 g/mol. The van der Waals surface area contributed by atoms with Gasteiger partial charge in [-0.25, -0.2) is 4.79 Å². The van der Waals surface area contributed by atoms with E-state index in [-0.39, 0.29) is 6.03 Å². The highest BCUT2D eigenvalue weighted by atomic mass is 16.3. The van der Waals surface area contributed by atoms with Crippen LogP contribution in [-0.2, 0) is 0 Å². The number of benzene rings is 1. The van der Waals surface area contributed by atoms with Gasteiger partial charge >= 0.3 is 6.03 Å². The Balaban J connectivity index is 2.14. The van der Waals surface area contributed by atoms with Crippen LogP contribution >= 0.6 is 0 Å². The second kappa shape index (κ2) is 3.55. The largest absolute Gasteiger partial charge is 0.362 e. The molecular formula is C13H14N2O3. The Morgan fingerprint density at radius 1 is 1.39 bits per heavy atom. The van der Waals surface area contributed by atoms with Crippen LogP contribution in [0.3, 0.4) is 0 Å². The third kappa shape index (κ3) is 1.19. The zero-order valence-electron chi connectivity index (χ0n) is 10.0. The summed E-state index contributed by atoms with van der Waals surface area (Å²) in [4.78, 5) is 25.6. The van der Waals surface area contributed by atoms with Crippen LogP contribution in [-0.4, -0.2) is 34.1 Å². The molecule has 94 valence electrons. The fourth-order valence-corrected chi connectivity index (χ4v) is 2.84. The molecular weight excluding hydrogens is 232 g/mol. The summed E-state index contributed by atoms with van der Waals surface area (Å²) in [6.45, 7) is 2.47. The van der Waals surface area contributed by atoms with Gasteiger partial charge in [-0.1, -0.05) is 31.2 Å². The van der Waals surface area contributed by atoms with Crippen molar-refractivity contribution < 1.29 is 14.7 Å². The molecule has 1 aliphatic heterocycles. The van der Waals surface area contributed by atoms with Crippen molar-refractivity contribution in [3.8, 4) is 0 Å². The van der Waals surface area contributed by atoms with E-state index in [4.69, 9.17) is 0 Å². The lowest BCUT2D eigenvalue weighted by atomic mass is 10.0. The average Bonchev–Trinajstić information content (AvgIpc) is 2.72. The molecule has 0 radical (unpaired) electrons. The number of rotatable bonds is 2. The van der Waals surface area contributed by atoms with Crippen LogP contribution in [0, 0.1) is 0 Å². The Hall–Kier alpha value is -1.88. The smallest absolute Gasteiger partial charge is 0.320 e. The van der Waals surface area contributed by atoms with E-state index < -0.39 is 17.6 Å². The van der Waals surface area contributed by atoms with Crippen molar-refractivity contribution in [2.24, 2.45) is 0 Å². The molecule has 18 heavy (non-hydrogen) atoms. The molecule has 5 heteroatoms. The maximum atomic E-state index is 12.2. The molecule has 1 saturated heterocycles. The standard InChI is InChI=1S/C13H14N2O3/c1-2-7-15-10-8-5-3-4-6-9(8)11(16)13(10,18)14-12(15)17/h3-6,10,18H,2,7H2,1H3,(H,14,17)/t10-,13-/m0/s1. The van der Waals surface area contributed by atoms with Crippen molar-refractivity contribution in [2.45, 2.75) is 25.1 Å². The summed E-state index contributed by atoms with van der Waals surface area (Å²) in [7, 11) is 0. The number of amides is 2. The van der Waals surface area contributed by atoms with E-state index in [1.807, 2.05) is 13.0 Å². The molecule has 5 nitrogen and oxygen atoms in total. The summed E-state index contributed by atoms with van der Waals surface area (Å²) < 4.78 is 0. The first-order chi connectivity index (χ1) is 8.59. The predicted octanol–water partition coefficient (Wildman–Crippen LogP) is 1.05. The molecule has 0 bridgehead atoms. The highest BCUT2D eigenvalue weighted by Crippen LogP contribution is 2.45. The molecule has 0 unspecified atom stereocenters. The third-order valence-electron chi connectivity index (χ3n) is 3.58. The zero-order chi connectivity index (χ0) is 12.9. The second-order valence-electron chi connectivity index (χ2n) is 4.71. The van der Waals surface area contributed by atoms with Gasteiger partial charge in [0.15, 0.2) is 0 Å². The number of carbonyl (C=O) groups excluding carboxylic acids is 2. The monoisotopic (exact) mass is 246 g/mol. The summed E-state index contributed by atoms with van der Waals surface area (Å²) in [5.74, 6) is -0.421. The number of hydrogen-bond acceptors (Lipinski definition) is 3. The SMILES string of the molecule is CCCN1C(=O)N[C@@]2(O)C(=O)c3ccccc3[C@H]12. The topological polar surface area (TPSA) is 69.6 Å². The van der Waals surface area contributed by atoms with Crippen molar-refractivity contribution in [2.75, 3.05) is 6.54 Å². The summed E-state index contributed by atoms with van der Waals surface area (Å²) in [6, 6.07) is 6.06. The highest BCUT2D eigenvalue weighted by Gasteiger charge is 2.61. The summed E-state index contributed by atoms with van der Waals surface area (Å²) in [5, 5.41) is 12.9. The molecule has 0 saturated carbocycles. The van der Waals surface area contributed by atoms with Crippen LogP contribution in [0.4, 0.5) is 4.79 Å². The minimum atomic E-state index is -1.80. The van der Waals surface area contributed by atoms with E-state index >= 15 is 0 Å². The molecule has 1 heterocycles. The van der Waals surface area contributed by atoms with E-state index in [2.05, 4.69) is 5.32 Å². The van der Waals surface area contributed by atoms with Gasteiger partial charge in [0, 0.05) is 12.1 Å². The molecule has 3 rings (SSSR count). The lowest BCUT2D eigenvalue weighted by Gasteiger charge is -2.25. The Bertz CT molecular complexity index is 543. The quantitative estimate of drug-likeness (QED) is 0.819. The summed E-state index contributed by atoms with van der Waals surface area (Å²) in [6.07, 6.45) is 0.774. The first kappa shape index (κ1) is 11.2. The molecule has 1 aromatic carbocycles. The normalized spacial score (nSPS) is 29.2. The highest BCUT2D eigenvalue weighted by molar-refractivity contribution is 6.10. The van der Waals surface area contributed by atoms with Gasteiger partial charge in [0.2, 0.25) is 11.5 Å². The van der Waals surface area contributed by atoms with Gasteiger partial charge < -0.3 is 15.3 Å². The second-order valence-corrected chi connectivity index (χ2v) is 4.71. The number of hydrogen-bond donors (Lipinski definition) is 2. The molecule has 0 aromatic heterocycles. The van der Waals surface area contributed by atoms with Gasteiger partial charge in [-0.15, -0.1) is 0 Å². The van der Waals surface area contributed by atoms with Crippen molar-refractivity contribution in [1.29, 1.82) is 0 Å². The van der Waals surface area contributed by atoms with Gasteiger partial charge in [-0.2, -0.15) is 0 Å². The van der Waals surface area contributed by atoms with Crippen LogP contribution in [0.15, 0.2) is 24.3 Å². The van der Waals surface area contributed by atoms with Gasteiger partial charge in [0.05, 0.1) is 0 Å². The number of nitrogens with zero attached hydrogens (tertiary/aromatic N) is 1. The molecule has 1 aliphatic carbocycles. The fourth-order valence-electron chi connectivity index (χ4n) is 2.84. The Morgan fingerprint density at radius 2 is 2.11 bits per heavy atom. The molecule has 2 N–H and O–H groups in total. The number of nitrogens with one attached hydrogen (secondary N) is 1. The minimum Gasteiger partial charge on any atom is -0.362 e. The van der Waals surface area contributed by atoms with Crippen LogP contribution in [0.25, 0.3) is 0 Å². The lowest BCUT2D eigenvalue weighted by molar-refractivity contribution is 0.00777. The van der Waals surface area contributed by atoms with Crippen LogP contribution in [0.2, 0.25) is 0 Å². The van der Waals surface area contributed by atoms with E-state index in [0.29, 0.717) is 12.1 Å². The van der Waals surface area contributed by atoms with Crippen molar-refractivity contribution in [3.05, 3.63) is 35.4 Å². The number of carbonyl (C=O) groups is 2. The van der Waals surface area contributed by atoms with E-state index in [0.717, 1.165) is 12.0 Å².